The summed E-state index contributed by atoms with van der Waals surface area (Å²) in [4.78, 5) is 13.4. The van der Waals surface area contributed by atoms with Crippen molar-refractivity contribution in [3.05, 3.63) is 44.9 Å². The summed E-state index contributed by atoms with van der Waals surface area (Å²) in [6, 6.07) is 6.20. The third-order valence-electron chi connectivity index (χ3n) is 3.10. The van der Waals surface area contributed by atoms with E-state index in [-0.39, 0.29) is 4.74 Å². The van der Waals surface area contributed by atoms with E-state index < -0.39 is 0 Å². The molecule has 0 saturated heterocycles. The number of alkyl halides is 1. The molecule has 92 valence electrons. The molecule has 4 heteroatoms. The van der Waals surface area contributed by atoms with Crippen LogP contribution in [0.15, 0.2) is 34.0 Å². The average molecular weight is 295 g/mol. The molecule has 2 heterocycles. The van der Waals surface area contributed by atoms with E-state index in [1.54, 1.807) is 11.8 Å². The van der Waals surface area contributed by atoms with E-state index >= 15 is 0 Å². The Labute approximate surface area is 118 Å². The van der Waals surface area contributed by atoms with Gasteiger partial charge in [-0.25, -0.2) is 0 Å². The lowest BCUT2D eigenvalue weighted by atomic mass is 10.1. The third-order valence-corrected chi connectivity index (χ3v) is 5.57. The minimum Gasteiger partial charge on any atom is -0.277 e. The van der Waals surface area contributed by atoms with Crippen molar-refractivity contribution in [3.8, 4) is 0 Å². The van der Waals surface area contributed by atoms with Crippen molar-refractivity contribution >= 4 is 50.4 Å². The van der Waals surface area contributed by atoms with Crippen molar-refractivity contribution < 1.29 is 0 Å². The molecule has 1 aromatic heterocycles. The standard InChI is InChI=1S/C14H11ClOS2/c1-8-3-2-4-10-12(8)18-14(16)11-9(7-15)5-6-17-13(10)11/h2-5H,6-7H2,1H3. The number of fused-ring (bicyclic) bond motifs is 3. The second-order valence-corrected chi connectivity index (χ2v) is 6.50. The van der Waals surface area contributed by atoms with Gasteiger partial charge in [0.25, 0.3) is 0 Å². The van der Waals surface area contributed by atoms with Crippen molar-refractivity contribution in [2.45, 2.75) is 11.8 Å². The first-order valence-corrected chi connectivity index (χ1v) is 8.00. The lowest BCUT2D eigenvalue weighted by Gasteiger charge is -2.17. The van der Waals surface area contributed by atoms with E-state index in [0.717, 1.165) is 26.5 Å². The first kappa shape index (κ1) is 12.3. The summed E-state index contributed by atoms with van der Waals surface area (Å²) in [5, 5.41) is 1.19. The normalized spacial score (nSPS) is 14.4. The monoisotopic (exact) mass is 294 g/mol. The average Bonchev–Trinajstić information content (AvgIpc) is 2.39. The fraction of sp³-hybridized carbons (Fsp3) is 0.214. The molecular weight excluding hydrogens is 284 g/mol. The Balaban J connectivity index is 2.45. The molecule has 0 saturated carbocycles. The first-order chi connectivity index (χ1) is 8.72. The van der Waals surface area contributed by atoms with Gasteiger partial charge in [-0.3, -0.25) is 4.79 Å². The van der Waals surface area contributed by atoms with Gasteiger partial charge in [0.15, 0.2) is 0 Å². The lowest BCUT2D eigenvalue weighted by Crippen LogP contribution is -2.10. The van der Waals surface area contributed by atoms with Gasteiger partial charge in [0.2, 0.25) is 4.74 Å². The van der Waals surface area contributed by atoms with Crippen molar-refractivity contribution in [2.75, 3.05) is 11.6 Å². The highest BCUT2D eigenvalue weighted by atomic mass is 35.5. The van der Waals surface area contributed by atoms with E-state index in [0.29, 0.717) is 5.88 Å². The first-order valence-electron chi connectivity index (χ1n) is 5.67. The molecule has 0 radical (unpaired) electrons. The lowest BCUT2D eigenvalue weighted by molar-refractivity contribution is 1.39. The SMILES string of the molecule is Cc1cccc2c3c(c(=O)sc12)C(CCl)=CCS3. The quantitative estimate of drug-likeness (QED) is 0.730. The van der Waals surface area contributed by atoms with Gasteiger partial charge in [0, 0.05) is 26.6 Å². The zero-order valence-corrected chi connectivity index (χ0v) is 12.2. The van der Waals surface area contributed by atoms with Crippen molar-refractivity contribution in [3.63, 3.8) is 0 Å². The van der Waals surface area contributed by atoms with Crippen LogP contribution in [0.3, 0.4) is 0 Å². The van der Waals surface area contributed by atoms with Gasteiger partial charge in [-0.05, 0) is 18.1 Å². The smallest absolute Gasteiger partial charge is 0.241 e. The third kappa shape index (κ3) is 1.81. The van der Waals surface area contributed by atoms with Gasteiger partial charge < -0.3 is 0 Å². The molecule has 0 N–H and O–H groups in total. The highest BCUT2D eigenvalue weighted by molar-refractivity contribution is 7.99. The van der Waals surface area contributed by atoms with Crippen LogP contribution < -0.4 is 4.74 Å². The minimum absolute atomic E-state index is 0.130. The highest BCUT2D eigenvalue weighted by Crippen LogP contribution is 2.39. The van der Waals surface area contributed by atoms with Gasteiger partial charge in [0.05, 0.1) is 5.56 Å². The van der Waals surface area contributed by atoms with Gasteiger partial charge in [-0.1, -0.05) is 35.6 Å². The number of halogens is 1. The van der Waals surface area contributed by atoms with Crippen molar-refractivity contribution in [2.24, 2.45) is 0 Å². The summed E-state index contributed by atoms with van der Waals surface area (Å²) in [5.74, 6) is 1.30. The largest absolute Gasteiger partial charge is 0.277 e. The van der Waals surface area contributed by atoms with Crippen molar-refractivity contribution in [1.82, 2.24) is 0 Å². The molecule has 1 aromatic carbocycles. The molecule has 1 aliphatic heterocycles. The topological polar surface area (TPSA) is 17.1 Å². The van der Waals surface area contributed by atoms with Crippen LogP contribution in [0.4, 0.5) is 0 Å². The molecule has 0 unspecified atom stereocenters. The maximum Gasteiger partial charge on any atom is 0.241 e. The Morgan fingerprint density at radius 2 is 2.22 bits per heavy atom. The second-order valence-electron chi connectivity index (χ2n) is 4.22. The number of thioether (sulfide) groups is 1. The van der Waals surface area contributed by atoms with Gasteiger partial charge >= 0.3 is 0 Å². The van der Waals surface area contributed by atoms with Crippen molar-refractivity contribution in [1.29, 1.82) is 0 Å². The van der Waals surface area contributed by atoms with E-state index in [2.05, 4.69) is 25.1 Å². The number of hydrogen-bond donors (Lipinski definition) is 0. The van der Waals surface area contributed by atoms with Gasteiger partial charge in [0.1, 0.15) is 0 Å². The summed E-state index contributed by atoms with van der Waals surface area (Å²) < 4.78 is 1.23. The van der Waals surface area contributed by atoms with E-state index in [4.69, 9.17) is 11.6 Å². The molecule has 1 aliphatic rings. The van der Waals surface area contributed by atoms with Crippen LogP contribution in [0.25, 0.3) is 15.7 Å². The minimum atomic E-state index is 0.130. The number of allylic oxidation sites excluding steroid dienone is 1. The summed E-state index contributed by atoms with van der Waals surface area (Å²) >= 11 is 9.02. The molecule has 0 atom stereocenters. The summed E-state index contributed by atoms with van der Waals surface area (Å²) in [6.07, 6.45) is 2.07. The molecule has 0 aliphatic carbocycles. The maximum absolute atomic E-state index is 12.3. The second kappa shape index (κ2) is 4.72. The molecule has 1 nitrogen and oxygen atoms in total. The molecule has 0 bridgehead atoms. The number of aryl methyl sites for hydroxylation is 1. The zero-order valence-electron chi connectivity index (χ0n) is 9.83. The van der Waals surface area contributed by atoms with Crippen LogP contribution in [0, 0.1) is 6.92 Å². The molecule has 0 spiro atoms. The molecule has 3 rings (SSSR count). The molecular formula is C14H11ClOS2. The Hall–Kier alpha value is -0.770. The summed E-state index contributed by atoms with van der Waals surface area (Å²) in [6.45, 7) is 2.05. The Kier molecular flexibility index (Phi) is 3.22. The summed E-state index contributed by atoms with van der Waals surface area (Å²) in [7, 11) is 0. The summed E-state index contributed by atoms with van der Waals surface area (Å²) in [5.41, 5.74) is 2.97. The van der Waals surface area contributed by atoms with E-state index in [9.17, 15) is 4.79 Å². The number of rotatable bonds is 1. The molecule has 2 aromatic rings. The van der Waals surface area contributed by atoms with Crippen LogP contribution >= 0.6 is 34.7 Å². The predicted molar refractivity (Wildman–Crippen MR) is 82.3 cm³/mol. The van der Waals surface area contributed by atoms with Crippen LogP contribution in [0.5, 0.6) is 0 Å². The van der Waals surface area contributed by atoms with E-state index in [1.165, 1.54) is 22.3 Å². The Morgan fingerprint density at radius 1 is 1.39 bits per heavy atom. The predicted octanol–water partition coefficient (Wildman–Crippen LogP) is 4.30. The molecule has 0 fully saturated rings. The number of benzene rings is 1. The molecule has 0 amide bonds. The fourth-order valence-corrected chi connectivity index (χ4v) is 4.76. The van der Waals surface area contributed by atoms with Gasteiger partial charge in [-0.2, -0.15) is 0 Å². The Morgan fingerprint density at radius 3 is 3.00 bits per heavy atom. The van der Waals surface area contributed by atoms with Gasteiger partial charge in [-0.15, -0.1) is 23.4 Å². The van der Waals surface area contributed by atoms with Crippen LogP contribution in [-0.4, -0.2) is 11.6 Å². The zero-order chi connectivity index (χ0) is 12.7. The molecule has 18 heavy (non-hydrogen) atoms. The fourth-order valence-electron chi connectivity index (χ4n) is 2.21. The van der Waals surface area contributed by atoms with Crippen LogP contribution in [0.2, 0.25) is 0 Å². The van der Waals surface area contributed by atoms with Crippen LogP contribution in [-0.2, 0) is 0 Å². The highest BCUT2D eigenvalue weighted by Gasteiger charge is 2.20. The number of hydrogen-bond acceptors (Lipinski definition) is 3. The maximum atomic E-state index is 12.3. The Bertz CT molecular complexity index is 716. The van der Waals surface area contributed by atoms with E-state index in [1.807, 2.05) is 6.07 Å². The van der Waals surface area contributed by atoms with Crippen LogP contribution in [0.1, 0.15) is 11.1 Å².